The highest BCUT2D eigenvalue weighted by molar-refractivity contribution is 5.69. The average Bonchev–Trinajstić information content (AvgIpc) is 2.55. The minimum atomic E-state index is -0.0936. The fraction of sp³-hybridized carbons (Fsp3) is 0.850. The molecule has 0 radical (unpaired) electrons. The molecule has 0 amide bonds. The van der Waals surface area contributed by atoms with Crippen LogP contribution in [0.15, 0.2) is 12.2 Å². The van der Waals surface area contributed by atoms with E-state index in [1.165, 1.54) is 64.2 Å². The Bertz CT molecular complexity index is 274. The van der Waals surface area contributed by atoms with Crippen molar-refractivity contribution in [1.82, 2.24) is 0 Å². The van der Waals surface area contributed by atoms with Crippen LogP contribution < -0.4 is 0 Å². The van der Waals surface area contributed by atoms with Gasteiger partial charge in [0.05, 0.1) is 6.61 Å². The van der Waals surface area contributed by atoms with Gasteiger partial charge in [0, 0.05) is 13.5 Å². The number of rotatable bonds is 17. The molecular weight excluding hydrogens is 288 g/mol. The number of hydrogen-bond donors (Lipinski definition) is 0. The predicted octanol–water partition coefficient (Wildman–Crippen LogP) is 5.82. The van der Waals surface area contributed by atoms with E-state index in [2.05, 4.69) is 19.1 Å². The standard InChI is InChI=1S/C20H38O3/c1-3-4-5-6-7-8-9-10-11-12-13-14-15-16-17-20(21)23-19-18-22-2/h9-10H,3-8,11-19H2,1-2H3/b10-9-. The number of carbonyl (C=O) groups excluding carboxylic acids is 1. The molecule has 0 aromatic carbocycles. The summed E-state index contributed by atoms with van der Waals surface area (Å²) in [5, 5.41) is 0. The summed E-state index contributed by atoms with van der Waals surface area (Å²) in [6, 6.07) is 0. The number of hydrogen-bond acceptors (Lipinski definition) is 3. The second-order valence-corrected chi connectivity index (χ2v) is 6.19. The Kier molecular flexibility index (Phi) is 18.5. The lowest BCUT2D eigenvalue weighted by Crippen LogP contribution is -2.09. The molecule has 23 heavy (non-hydrogen) atoms. The van der Waals surface area contributed by atoms with Crippen LogP contribution in [0, 0.1) is 0 Å². The largest absolute Gasteiger partial charge is 0.463 e. The SMILES string of the molecule is CCCCCCC/C=C\CCCCCCCC(=O)OCCOC. The molecule has 3 heteroatoms. The molecule has 0 unspecified atom stereocenters. The molecule has 0 saturated carbocycles. The first-order valence-electron chi connectivity index (χ1n) is 9.60. The van der Waals surface area contributed by atoms with Crippen LogP contribution in [0.25, 0.3) is 0 Å². The number of allylic oxidation sites excluding steroid dienone is 2. The Hall–Kier alpha value is -0.830. The third-order valence-electron chi connectivity index (χ3n) is 3.94. The van der Waals surface area contributed by atoms with E-state index in [4.69, 9.17) is 9.47 Å². The molecule has 0 aliphatic heterocycles. The van der Waals surface area contributed by atoms with Crippen LogP contribution in [0.1, 0.15) is 90.4 Å². The van der Waals surface area contributed by atoms with Crippen molar-refractivity contribution in [3.05, 3.63) is 12.2 Å². The Morgan fingerprint density at radius 2 is 1.35 bits per heavy atom. The molecule has 0 saturated heterocycles. The van der Waals surface area contributed by atoms with Crippen molar-refractivity contribution >= 4 is 5.97 Å². The Balaban J connectivity index is 3.16. The van der Waals surface area contributed by atoms with Gasteiger partial charge in [-0.1, -0.05) is 64.0 Å². The molecule has 136 valence electrons. The third-order valence-corrected chi connectivity index (χ3v) is 3.94. The van der Waals surface area contributed by atoms with E-state index >= 15 is 0 Å². The van der Waals surface area contributed by atoms with Gasteiger partial charge in [0.2, 0.25) is 0 Å². The highest BCUT2D eigenvalue weighted by Gasteiger charge is 2.01. The molecule has 3 nitrogen and oxygen atoms in total. The van der Waals surface area contributed by atoms with Crippen LogP contribution in [-0.2, 0) is 14.3 Å². The number of ether oxygens (including phenoxy) is 2. The van der Waals surface area contributed by atoms with Gasteiger partial charge in [0.15, 0.2) is 0 Å². The van der Waals surface area contributed by atoms with E-state index in [0.29, 0.717) is 19.6 Å². The Morgan fingerprint density at radius 3 is 1.96 bits per heavy atom. The van der Waals surface area contributed by atoms with E-state index in [0.717, 1.165) is 12.8 Å². The maximum Gasteiger partial charge on any atom is 0.305 e. The summed E-state index contributed by atoms with van der Waals surface area (Å²) in [6.07, 6.45) is 20.3. The number of unbranched alkanes of at least 4 members (excludes halogenated alkanes) is 10. The molecule has 0 N–H and O–H groups in total. The molecule has 0 atom stereocenters. The lowest BCUT2D eigenvalue weighted by molar-refractivity contribution is -0.145. The van der Waals surface area contributed by atoms with Crippen molar-refractivity contribution in [2.24, 2.45) is 0 Å². The quantitative estimate of drug-likeness (QED) is 0.192. The molecule has 0 heterocycles. The first-order valence-corrected chi connectivity index (χ1v) is 9.60. The van der Waals surface area contributed by atoms with E-state index in [1.807, 2.05) is 0 Å². The predicted molar refractivity (Wildman–Crippen MR) is 97.7 cm³/mol. The van der Waals surface area contributed by atoms with Gasteiger partial charge in [0.1, 0.15) is 6.61 Å². The van der Waals surface area contributed by atoms with E-state index in [-0.39, 0.29) is 5.97 Å². The highest BCUT2D eigenvalue weighted by atomic mass is 16.6. The molecule has 0 aromatic heterocycles. The molecule has 0 bridgehead atoms. The Labute approximate surface area is 143 Å². The first kappa shape index (κ1) is 22.2. The van der Waals surface area contributed by atoms with Crippen LogP contribution >= 0.6 is 0 Å². The third kappa shape index (κ3) is 19.1. The van der Waals surface area contributed by atoms with Crippen molar-refractivity contribution < 1.29 is 14.3 Å². The normalized spacial score (nSPS) is 11.2. The van der Waals surface area contributed by atoms with Gasteiger partial charge in [-0.05, 0) is 32.1 Å². The summed E-state index contributed by atoms with van der Waals surface area (Å²) < 4.78 is 9.86. The zero-order valence-corrected chi connectivity index (χ0v) is 15.5. The molecule has 0 aromatic rings. The molecule has 0 spiro atoms. The fourth-order valence-electron chi connectivity index (χ4n) is 2.47. The van der Waals surface area contributed by atoms with Crippen molar-refractivity contribution in [1.29, 1.82) is 0 Å². The molecular formula is C20H38O3. The zero-order chi connectivity index (χ0) is 17.0. The van der Waals surface area contributed by atoms with Gasteiger partial charge in [-0.15, -0.1) is 0 Å². The van der Waals surface area contributed by atoms with Crippen molar-refractivity contribution in [2.45, 2.75) is 90.4 Å². The second kappa shape index (κ2) is 19.2. The monoisotopic (exact) mass is 326 g/mol. The Morgan fingerprint density at radius 1 is 0.783 bits per heavy atom. The van der Waals surface area contributed by atoms with Gasteiger partial charge >= 0.3 is 5.97 Å². The maximum atomic E-state index is 11.3. The topological polar surface area (TPSA) is 35.5 Å². The van der Waals surface area contributed by atoms with Crippen molar-refractivity contribution in [3.8, 4) is 0 Å². The number of esters is 1. The molecule has 0 fully saturated rings. The summed E-state index contributed by atoms with van der Waals surface area (Å²) >= 11 is 0. The van der Waals surface area contributed by atoms with Crippen LogP contribution in [0.5, 0.6) is 0 Å². The second-order valence-electron chi connectivity index (χ2n) is 6.19. The van der Waals surface area contributed by atoms with Crippen molar-refractivity contribution in [2.75, 3.05) is 20.3 Å². The summed E-state index contributed by atoms with van der Waals surface area (Å²) in [4.78, 5) is 11.3. The van der Waals surface area contributed by atoms with E-state index < -0.39 is 0 Å². The van der Waals surface area contributed by atoms with Crippen LogP contribution in [0.3, 0.4) is 0 Å². The van der Waals surface area contributed by atoms with E-state index in [9.17, 15) is 4.79 Å². The number of methoxy groups -OCH3 is 1. The average molecular weight is 327 g/mol. The van der Waals surface area contributed by atoms with Gasteiger partial charge in [0.25, 0.3) is 0 Å². The van der Waals surface area contributed by atoms with Gasteiger partial charge < -0.3 is 9.47 Å². The maximum absolute atomic E-state index is 11.3. The summed E-state index contributed by atoms with van der Waals surface area (Å²) in [6.45, 7) is 3.12. The smallest absolute Gasteiger partial charge is 0.305 e. The summed E-state index contributed by atoms with van der Waals surface area (Å²) in [7, 11) is 1.61. The molecule has 0 rings (SSSR count). The summed E-state index contributed by atoms with van der Waals surface area (Å²) in [5.41, 5.74) is 0. The van der Waals surface area contributed by atoms with Crippen LogP contribution in [0.4, 0.5) is 0 Å². The zero-order valence-electron chi connectivity index (χ0n) is 15.5. The highest BCUT2D eigenvalue weighted by Crippen LogP contribution is 2.09. The minimum absolute atomic E-state index is 0.0936. The lowest BCUT2D eigenvalue weighted by atomic mass is 10.1. The van der Waals surface area contributed by atoms with Crippen LogP contribution in [-0.4, -0.2) is 26.3 Å². The first-order chi connectivity index (χ1) is 11.3. The molecule has 0 aliphatic carbocycles. The number of carbonyl (C=O) groups is 1. The molecule has 0 aliphatic rings. The van der Waals surface area contributed by atoms with Crippen LogP contribution in [0.2, 0.25) is 0 Å². The summed E-state index contributed by atoms with van der Waals surface area (Å²) in [5.74, 6) is -0.0936. The minimum Gasteiger partial charge on any atom is -0.463 e. The van der Waals surface area contributed by atoms with Gasteiger partial charge in [-0.25, -0.2) is 0 Å². The lowest BCUT2D eigenvalue weighted by Gasteiger charge is -2.03. The van der Waals surface area contributed by atoms with Crippen molar-refractivity contribution in [3.63, 3.8) is 0 Å². The van der Waals surface area contributed by atoms with E-state index in [1.54, 1.807) is 7.11 Å². The van der Waals surface area contributed by atoms with Gasteiger partial charge in [-0.3, -0.25) is 4.79 Å². The fourth-order valence-corrected chi connectivity index (χ4v) is 2.47. The van der Waals surface area contributed by atoms with Gasteiger partial charge in [-0.2, -0.15) is 0 Å².